The highest BCUT2D eigenvalue weighted by Crippen LogP contribution is 2.36. The minimum absolute atomic E-state index is 0.576. The van der Waals surface area contributed by atoms with Crippen LogP contribution in [0.3, 0.4) is 0 Å². The van der Waals surface area contributed by atoms with E-state index >= 15 is 0 Å². The molecular formula is C16H28N4O. The number of piperidine rings is 1. The number of nitrogens with one attached hydrogen (secondary N) is 1. The van der Waals surface area contributed by atoms with E-state index in [1.165, 1.54) is 32.1 Å². The number of anilines is 2. The zero-order valence-electron chi connectivity index (χ0n) is 13.6. The van der Waals surface area contributed by atoms with Gasteiger partial charge in [-0.2, -0.15) is 0 Å². The first kappa shape index (κ1) is 15.9. The summed E-state index contributed by atoms with van der Waals surface area (Å²) in [5.41, 5.74) is 0. The summed E-state index contributed by atoms with van der Waals surface area (Å²) in [6, 6.07) is 0.576. The molecule has 5 heteroatoms. The Morgan fingerprint density at radius 2 is 2.14 bits per heavy atom. The van der Waals surface area contributed by atoms with Gasteiger partial charge in [0.05, 0.1) is 7.11 Å². The highest BCUT2D eigenvalue weighted by Gasteiger charge is 2.26. The van der Waals surface area contributed by atoms with Gasteiger partial charge in [-0.15, -0.1) is 0 Å². The first-order valence-electron chi connectivity index (χ1n) is 8.21. The van der Waals surface area contributed by atoms with Crippen LogP contribution < -0.4 is 15.0 Å². The summed E-state index contributed by atoms with van der Waals surface area (Å²) in [5.74, 6) is 2.54. The number of methoxy groups -OCH3 is 1. The molecular weight excluding hydrogens is 264 g/mol. The van der Waals surface area contributed by atoms with Gasteiger partial charge >= 0.3 is 0 Å². The molecule has 1 fully saturated rings. The van der Waals surface area contributed by atoms with Gasteiger partial charge in [-0.25, -0.2) is 9.97 Å². The zero-order valence-corrected chi connectivity index (χ0v) is 13.6. The lowest BCUT2D eigenvalue weighted by Gasteiger charge is -2.37. The minimum atomic E-state index is 0.576. The number of ether oxygens (including phenoxy) is 1. The second kappa shape index (κ2) is 8.05. The lowest BCUT2D eigenvalue weighted by Crippen LogP contribution is -2.40. The van der Waals surface area contributed by atoms with Gasteiger partial charge in [0.15, 0.2) is 11.6 Å². The van der Waals surface area contributed by atoms with E-state index in [9.17, 15) is 0 Å². The van der Waals surface area contributed by atoms with Crippen molar-refractivity contribution >= 4 is 11.6 Å². The Kier molecular flexibility index (Phi) is 6.08. The molecule has 1 N–H and O–H groups in total. The van der Waals surface area contributed by atoms with E-state index in [0.717, 1.165) is 36.9 Å². The quantitative estimate of drug-likeness (QED) is 0.834. The van der Waals surface area contributed by atoms with Gasteiger partial charge in [0.25, 0.3) is 0 Å². The van der Waals surface area contributed by atoms with Gasteiger partial charge in [-0.1, -0.05) is 20.3 Å². The van der Waals surface area contributed by atoms with Crippen LogP contribution in [0.5, 0.6) is 5.75 Å². The van der Waals surface area contributed by atoms with Gasteiger partial charge in [-0.3, -0.25) is 0 Å². The number of hydrogen-bond acceptors (Lipinski definition) is 5. The summed E-state index contributed by atoms with van der Waals surface area (Å²) in [4.78, 5) is 11.3. The van der Waals surface area contributed by atoms with Gasteiger partial charge in [0, 0.05) is 19.1 Å². The fourth-order valence-corrected chi connectivity index (χ4v) is 3.04. The summed E-state index contributed by atoms with van der Waals surface area (Å²) in [7, 11) is 1.71. The molecule has 0 aliphatic carbocycles. The van der Waals surface area contributed by atoms with Crippen molar-refractivity contribution < 1.29 is 4.74 Å². The summed E-state index contributed by atoms with van der Waals surface area (Å²) in [5, 5.41) is 3.34. The van der Waals surface area contributed by atoms with E-state index in [0.29, 0.717) is 6.04 Å². The Balaban J connectivity index is 2.27. The van der Waals surface area contributed by atoms with Gasteiger partial charge in [0.2, 0.25) is 5.75 Å². The minimum Gasteiger partial charge on any atom is -0.490 e. The predicted octanol–water partition coefficient (Wildman–Crippen LogP) is 3.47. The molecule has 0 radical (unpaired) electrons. The molecule has 1 atom stereocenters. The lowest BCUT2D eigenvalue weighted by molar-refractivity contribution is 0.395. The normalized spacial score (nSPS) is 18.6. The van der Waals surface area contributed by atoms with Crippen LogP contribution in [-0.4, -0.2) is 36.2 Å². The van der Waals surface area contributed by atoms with Crippen molar-refractivity contribution in [3.63, 3.8) is 0 Å². The Morgan fingerprint density at radius 1 is 1.29 bits per heavy atom. The molecule has 1 aromatic heterocycles. The number of aromatic nitrogens is 2. The SMILES string of the molecule is CCCNc1ncnc(N2CCCCC2CCC)c1OC. The molecule has 2 heterocycles. The molecule has 5 nitrogen and oxygen atoms in total. The molecule has 1 aromatic rings. The second-order valence-electron chi connectivity index (χ2n) is 5.64. The number of nitrogens with zero attached hydrogens (tertiary/aromatic N) is 3. The van der Waals surface area contributed by atoms with Crippen LogP contribution in [-0.2, 0) is 0 Å². The smallest absolute Gasteiger partial charge is 0.204 e. The third-order valence-electron chi connectivity index (χ3n) is 4.05. The number of hydrogen-bond donors (Lipinski definition) is 1. The topological polar surface area (TPSA) is 50.3 Å². The first-order chi connectivity index (χ1) is 10.3. The van der Waals surface area contributed by atoms with Crippen LogP contribution in [0, 0.1) is 0 Å². The van der Waals surface area contributed by atoms with E-state index in [-0.39, 0.29) is 0 Å². The zero-order chi connectivity index (χ0) is 15.1. The third kappa shape index (κ3) is 3.77. The van der Waals surface area contributed by atoms with Crippen molar-refractivity contribution in [1.82, 2.24) is 9.97 Å². The molecule has 21 heavy (non-hydrogen) atoms. The molecule has 1 aliphatic heterocycles. The summed E-state index contributed by atoms with van der Waals surface area (Å²) in [6.45, 7) is 6.35. The van der Waals surface area contributed by atoms with E-state index in [2.05, 4.69) is 34.0 Å². The van der Waals surface area contributed by atoms with Crippen LogP contribution in [0.15, 0.2) is 6.33 Å². The van der Waals surface area contributed by atoms with Crippen LogP contribution in [0.4, 0.5) is 11.6 Å². The van der Waals surface area contributed by atoms with E-state index in [4.69, 9.17) is 4.74 Å². The number of rotatable bonds is 7. The molecule has 0 spiro atoms. The summed E-state index contributed by atoms with van der Waals surface area (Å²) < 4.78 is 5.62. The molecule has 0 saturated carbocycles. The van der Waals surface area contributed by atoms with E-state index in [1.54, 1.807) is 13.4 Å². The fraction of sp³-hybridized carbons (Fsp3) is 0.750. The Labute approximate surface area is 128 Å². The Morgan fingerprint density at radius 3 is 2.86 bits per heavy atom. The molecule has 1 unspecified atom stereocenters. The van der Waals surface area contributed by atoms with Gasteiger partial charge in [0.1, 0.15) is 6.33 Å². The van der Waals surface area contributed by atoms with Crippen LogP contribution >= 0.6 is 0 Å². The van der Waals surface area contributed by atoms with Crippen molar-refractivity contribution in [2.75, 3.05) is 30.4 Å². The fourth-order valence-electron chi connectivity index (χ4n) is 3.04. The molecule has 118 valence electrons. The summed E-state index contributed by atoms with van der Waals surface area (Å²) >= 11 is 0. The first-order valence-corrected chi connectivity index (χ1v) is 8.21. The van der Waals surface area contributed by atoms with Crippen molar-refractivity contribution in [2.45, 2.75) is 58.4 Å². The average molecular weight is 292 g/mol. The van der Waals surface area contributed by atoms with E-state index in [1.807, 2.05) is 0 Å². The van der Waals surface area contributed by atoms with Crippen LogP contribution in [0.25, 0.3) is 0 Å². The summed E-state index contributed by atoms with van der Waals surface area (Å²) in [6.07, 6.45) is 8.91. The predicted molar refractivity (Wildman–Crippen MR) is 87.3 cm³/mol. The molecule has 0 amide bonds. The maximum atomic E-state index is 5.62. The van der Waals surface area contributed by atoms with Crippen molar-refractivity contribution in [2.24, 2.45) is 0 Å². The molecule has 0 aromatic carbocycles. The second-order valence-corrected chi connectivity index (χ2v) is 5.64. The molecule has 0 bridgehead atoms. The van der Waals surface area contributed by atoms with Crippen LogP contribution in [0.2, 0.25) is 0 Å². The maximum absolute atomic E-state index is 5.62. The highest BCUT2D eigenvalue weighted by atomic mass is 16.5. The van der Waals surface area contributed by atoms with Gasteiger partial charge in [-0.05, 0) is 32.1 Å². The lowest BCUT2D eigenvalue weighted by atomic mass is 9.98. The Hall–Kier alpha value is -1.52. The standard InChI is InChI=1S/C16H28N4O/c1-4-8-13-9-6-7-11-20(13)16-14(21-3)15(17-10-5-2)18-12-19-16/h12-13H,4-11H2,1-3H3,(H,17,18,19). The van der Waals surface area contributed by atoms with Gasteiger partial charge < -0.3 is 15.0 Å². The van der Waals surface area contributed by atoms with Crippen molar-refractivity contribution in [3.8, 4) is 5.75 Å². The monoisotopic (exact) mass is 292 g/mol. The van der Waals surface area contributed by atoms with Crippen LogP contribution in [0.1, 0.15) is 52.4 Å². The molecule has 1 saturated heterocycles. The highest BCUT2D eigenvalue weighted by molar-refractivity contribution is 5.65. The van der Waals surface area contributed by atoms with E-state index < -0.39 is 0 Å². The third-order valence-corrected chi connectivity index (χ3v) is 4.05. The molecule has 2 rings (SSSR count). The molecule has 1 aliphatic rings. The largest absolute Gasteiger partial charge is 0.490 e. The van der Waals surface area contributed by atoms with Crippen molar-refractivity contribution in [1.29, 1.82) is 0 Å². The Bertz CT molecular complexity index is 436. The average Bonchev–Trinajstić information content (AvgIpc) is 2.53. The maximum Gasteiger partial charge on any atom is 0.204 e. The van der Waals surface area contributed by atoms with Crippen molar-refractivity contribution in [3.05, 3.63) is 6.33 Å².